The van der Waals surface area contributed by atoms with Gasteiger partial charge in [0.05, 0.1) is 12.2 Å². The van der Waals surface area contributed by atoms with Crippen LogP contribution in [0, 0.1) is 0 Å². The average Bonchev–Trinajstić information content (AvgIpc) is 2.67. The number of nitrogens with zero attached hydrogens (tertiary/aromatic N) is 2. The number of urea groups is 1. The highest BCUT2D eigenvalue weighted by Crippen LogP contribution is 2.14. The zero-order valence-electron chi connectivity index (χ0n) is 14.0. The van der Waals surface area contributed by atoms with Gasteiger partial charge in [0.25, 0.3) is 5.91 Å². The number of amides is 3. The normalized spacial score (nSPS) is 17.0. The zero-order valence-corrected chi connectivity index (χ0v) is 14.0. The van der Waals surface area contributed by atoms with E-state index < -0.39 is 0 Å². The van der Waals surface area contributed by atoms with Crippen molar-refractivity contribution in [3.8, 4) is 0 Å². The minimum Gasteiger partial charge on any atom is -0.337 e. The first kappa shape index (κ1) is 17.0. The molecular weight excluding hydrogens is 316 g/mol. The van der Waals surface area contributed by atoms with Crippen molar-refractivity contribution in [3.63, 3.8) is 0 Å². The standard InChI is InChI=1S/C19H22N4O2/c24-18(15-7-2-1-3-8-15)23-12-6-10-17(14-23)22-19(25)21-13-16-9-4-5-11-20-16/h1-5,7-9,11,17H,6,10,12-14H2,(H2,21,22,25)/t17-/m1/s1. The number of hydrogen-bond acceptors (Lipinski definition) is 3. The smallest absolute Gasteiger partial charge is 0.315 e. The summed E-state index contributed by atoms with van der Waals surface area (Å²) in [6.45, 7) is 1.64. The van der Waals surface area contributed by atoms with Crippen molar-refractivity contribution in [2.75, 3.05) is 13.1 Å². The molecule has 3 rings (SSSR count). The molecule has 0 unspecified atom stereocenters. The SMILES string of the molecule is O=C(NCc1ccccn1)N[C@@H]1CCCN(C(=O)c2ccccc2)C1. The Balaban J connectivity index is 1.49. The van der Waals surface area contributed by atoms with E-state index in [1.807, 2.05) is 53.4 Å². The highest BCUT2D eigenvalue weighted by Gasteiger charge is 2.25. The van der Waals surface area contributed by atoms with Gasteiger partial charge in [0, 0.05) is 30.9 Å². The highest BCUT2D eigenvalue weighted by molar-refractivity contribution is 5.94. The first-order valence-electron chi connectivity index (χ1n) is 8.51. The lowest BCUT2D eigenvalue weighted by atomic mass is 10.0. The third kappa shape index (κ3) is 4.79. The zero-order chi connectivity index (χ0) is 17.5. The Hall–Kier alpha value is -2.89. The minimum absolute atomic E-state index is 0.0148. The molecule has 0 bridgehead atoms. The lowest BCUT2D eigenvalue weighted by Gasteiger charge is -2.33. The van der Waals surface area contributed by atoms with E-state index in [1.165, 1.54) is 0 Å². The summed E-state index contributed by atoms with van der Waals surface area (Å²) < 4.78 is 0. The van der Waals surface area contributed by atoms with E-state index in [9.17, 15) is 9.59 Å². The maximum Gasteiger partial charge on any atom is 0.315 e. The number of carbonyl (C=O) groups is 2. The maximum absolute atomic E-state index is 12.5. The van der Waals surface area contributed by atoms with Crippen LogP contribution >= 0.6 is 0 Å². The van der Waals surface area contributed by atoms with Crippen molar-refractivity contribution in [1.82, 2.24) is 20.5 Å². The third-order valence-corrected chi connectivity index (χ3v) is 4.22. The Kier molecular flexibility index (Phi) is 5.61. The molecule has 2 N–H and O–H groups in total. The van der Waals surface area contributed by atoms with Gasteiger partial charge >= 0.3 is 6.03 Å². The molecule has 3 amide bonds. The topological polar surface area (TPSA) is 74.3 Å². The summed E-state index contributed by atoms with van der Waals surface area (Å²) in [5, 5.41) is 5.76. The molecule has 1 aliphatic heterocycles. The van der Waals surface area contributed by atoms with E-state index in [-0.39, 0.29) is 18.0 Å². The molecule has 6 heteroatoms. The van der Waals surface area contributed by atoms with Crippen LogP contribution in [0.1, 0.15) is 28.9 Å². The van der Waals surface area contributed by atoms with Crippen molar-refractivity contribution in [2.24, 2.45) is 0 Å². The molecule has 1 aliphatic rings. The van der Waals surface area contributed by atoms with Gasteiger partial charge in [0.2, 0.25) is 0 Å². The second kappa shape index (κ2) is 8.28. The van der Waals surface area contributed by atoms with Crippen LogP contribution < -0.4 is 10.6 Å². The van der Waals surface area contributed by atoms with Gasteiger partial charge in [-0.25, -0.2) is 4.79 Å². The van der Waals surface area contributed by atoms with Crippen molar-refractivity contribution in [2.45, 2.75) is 25.4 Å². The van der Waals surface area contributed by atoms with Crippen LogP contribution in [0.25, 0.3) is 0 Å². The molecule has 130 valence electrons. The molecule has 2 aromatic rings. The van der Waals surface area contributed by atoms with Crippen LogP contribution in [0.5, 0.6) is 0 Å². The summed E-state index contributed by atoms with van der Waals surface area (Å²) in [7, 11) is 0. The summed E-state index contributed by atoms with van der Waals surface area (Å²) >= 11 is 0. The van der Waals surface area contributed by atoms with Gasteiger partial charge in [-0.05, 0) is 37.1 Å². The van der Waals surface area contributed by atoms with Crippen molar-refractivity contribution >= 4 is 11.9 Å². The Morgan fingerprint density at radius 3 is 2.68 bits per heavy atom. The third-order valence-electron chi connectivity index (χ3n) is 4.22. The minimum atomic E-state index is -0.232. The molecule has 0 aliphatic carbocycles. The van der Waals surface area contributed by atoms with E-state index in [0.29, 0.717) is 18.7 Å². The lowest BCUT2D eigenvalue weighted by molar-refractivity contribution is 0.0697. The first-order chi connectivity index (χ1) is 12.2. The number of nitrogens with one attached hydrogen (secondary N) is 2. The summed E-state index contributed by atoms with van der Waals surface area (Å²) in [5.41, 5.74) is 1.49. The summed E-state index contributed by atoms with van der Waals surface area (Å²) in [6, 6.07) is 14.6. The average molecular weight is 338 g/mol. The second-order valence-electron chi connectivity index (χ2n) is 6.10. The number of likely N-dealkylation sites (tertiary alicyclic amines) is 1. The van der Waals surface area contributed by atoms with Crippen molar-refractivity contribution in [3.05, 3.63) is 66.0 Å². The molecular formula is C19H22N4O2. The maximum atomic E-state index is 12.5. The molecule has 6 nitrogen and oxygen atoms in total. The Morgan fingerprint density at radius 1 is 1.12 bits per heavy atom. The summed E-state index contributed by atoms with van der Waals surface area (Å²) in [5.74, 6) is 0.0148. The van der Waals surface area contributed by atoms with Crippen LogP contribution in [-0.4, -0.2) is 41.0 Å². The van der Waals surface area contributed by atoms with E-state index in [1.54, 1.807) is 6.20 Å². The quantitative estimate of drug-likeness (QED) is 0.897. The van der Waals surface area contributed by atoms with E-state index in [0.717, 1.165) is 25.1 Å². The van der Waals surface area contributed by atoms with Crippen LogP contribution in [0.3, 0.4) is 0 Å². The molecule has 25 heavy (non-hydrogen) atoms. The number of pyridine rings is 1. The monoisotopic (exact) mass is 338 g/mol. The van der Waals surface area contributed by atoms with Gasteiger partial charge < -0.3 is 15.5 Å². The molecule has 1 aromatic heterocycles. The largest absolute Gasteiger partial charge is 0.337 e. The van der Waals surface area contributed by atoms with Crippen molar-refractivity contribution in [1.29, 1.82) is 0 Å². The molecule has 1 saturated heterocycles. The Labute approximate surface area is 147 Å². The number of carbonyl (C=O) groups excluding carboxylic acids is 2. The molecule has 1 atom stereocenters. The highest BCUT2D eigenvalue weighted by atomic mass is 16.2. The Morgan fingerprint density at radius 2 is 1.92 bits per heavy atom. The fraction of sp³-hybridized carbons (Fsp3) is 0.316. The van der Waals surface area contributed by atoms with Crippen LogP contribution in [0.4, 0.5) is 4.79 Å². The molecule has 2 heterocycles. The van der Waals surface area contributed by atoms with E-state index in [2.05, 4.69) is 15.6 Å². The van der Waals surface area contributed by atoms with E-state index in [4.69, 9.17) is 0 Å². The number of piperidine rings is 1. The first-order valence-corrected chi connectivity index (χ1v) is 8.51. The van der Waals surface area contributed by atoms with Gasteiger partial charge in [-0.15, -0.1) is 0 Å². The molecule has 0 saturated carbocycles. The summed E-state index contributed by atoms with van der Waals surface area (Å²) in [4.78, 5) is 30.6. The predicted octanol–water partition coefficient (Wildman–Crippen LogP) is 2.19. The number of benzene rings is 1. The van der Waals surface area contributed by atoms with Gasteiger partial charge in [-0.3, -0.25) is 9.78 Å². The van der Waals surface area contributed by atoms with Crippen molar-refractivity contribution < 1.29 is 9.59 Å². The van der Waals surface area contributed by atoms with Gasteiger partial charge in [-0.2, -0.15) is 0 Å². The van der Waals surface area contributed by atoms with Gasteiger partial charge in [0.15, 0.2) is 0 Å². The Bertz CT molecular complexity index is 706. The van der Waals surface area contributed by atoms with Crippen LogP contribution in [0.2, 0.25) is 0 Å². The lowest BCUT2D eigenvalue weighted by Crippen LogP contribution is -2.51. The second-order valence-corrected chi connectivity index (χ2v) is 6.10. The molecule has 0 spiro atoms. The van der Waals surface area contributed by atoms with Gasteiger partial charge in [0.1, 0.15) is 0 Å². The molecule has 0 radical (unpaired) electrons. The number of aromatic nitrogens is 1. The molecule has 1 aromatic carbocycles. The van der Waals surface area contributed by atoms with Gasteiger partial charge in [-0.1, -0.05) is 24.3 Å². The summed E-state index contributed by atoms with van der Waals surface area (Å²) in [6.07, 6.45) is 3.45. The van der Waals surface area contributed by atoms with E-state index >= 15 is 0 Å². The predicted molar refractivity (Wildman–Crippen MR) is 95.0 cm³/mol. The fourth-order valence-electron chi connectivity index (χ4n) is 2.95. The number of hydrogen-bond donors (Lipinski definition) is 2. The van der Waals surface area contributed by atoms with Crippen LogP contribution in [-0.2, 0) is 6.54 Å². The number of rotatable bonds is 4. The van der Waals surface area contributed by atoms with Crippen LogP contribution in [0.15, 0.2) is 54.7 Å². The molecule has 1 fully saturated rings. The fourth-order valence-corrected chi connectivity index (χ4v) is 2.95.